The second kappa shape index (κ2) is 6.59. The van der Waals surface area contributed by atoms with Gasteiger partial charge in [0.2, 0.25) is 10.0 Å². The summed E-state index contributed by atoms with van der Waals surface area (Å²) in [4.78, 5) is 0.399. The summed E-state index contributed by atoms with van der Waals surface area (Å²) in [6.07, 6.45) is 4.23. The minimum Gasteiger partial charge on any atom is -0.384 e. The Bertz CT molecular complexity index is 537. The van der Waals surface area contributed by atoms with Crippen molar-refractivity contribution in [3.63, 3.8) is 0 Å². The lowest BCUT2D eigenvalue weighted by Crippen LogP contribution is -2.38. The number of para-hydroxylation sites is 1. The Balaban J connectivity index is 2.37. The zero-order valence-electron chi connectivity index (χ0n) is 12.3. The van der Waals surface area contributed by atoms with Gasteiger partial charge < -0.3 is 5.32 Å². The maximum absolute atomic E-state index is 12.9. The van der Waals surface area contributed by atoms with Gasteiger partial charge in [-0.15, -0.1) is 0 Å². The maximum atomic E-state index is 12.9. The first kappa shape index (κ1) is 15.3. The van der Waals surface area contributed by atoms with E-state index in [4.69, 9.17) is 0 Å². The molecule has 0 radical (unpaired) electrons. The molecule has 5 heteroatoms. The molecular weight excluding hydrogens is 272 g/mol. The zero-order chi connectivity index (χ0) is 14.6. The zero-order valence-corrected chi connectivity index (χ0v) is 13.1. The average Bonchev–Trinajstić information content (AvgIpc) is 2.94. The molecule has 112 valence electrons. The van der Waals surface area contributed by atoms with Crippen molar-refractivity contribution in [3.05, 3.63) is 24.3 Å². The SMILES string of the molecule is CCNc1ccccc1S(=O)(=O)N(CC)C1CCCC1. The van der Waals surface area contributed by atoms with Crippen LogP contribution in [-0.2, 0) is 10.0 Å². The highest BCUT2D eigenvalue weighted by Crippen LogP contribution is 2.31. The number of nitrogens with one attached hydrogen (secondary N) is 1. The fourth-order valence-corrected chi connectivity index (χ4v) is 4.84. The van der Waals surface area contributed by atoms with Crippen LogP contribution in [-0.4, -0.2) is 31.9 Å². The number of sulfonamides is 1. The molecule has 0 atom stereocenters. The van der Waals surface area contributed by atoms with E-state index in [1.165, 1.54) is 0 Å². The highest BCUT2D eigenvalue weighted by molar-refractivity contribution is 7.89. The largest absolute Gasteiger partial charge is 0.384 e. The van der Waals surface area contributed by atoms with Crippen molar-refractivity contribution in [1.82, 2.24) is 4.31 Å². The van der Waals surface area contributed by atoms with Crippen molar-refractivity contribution in [1.29, 1.82) is 0 Å². The predicted molar refractivity (Wildman–Crippen MR) is 82.4 cm³/mol. The number of anilines is 1. The lowest BCUT2D eigenvalue weighted by molar-refractivity contribution is 0.335. The molecule has 1 aliphatic rings. The van der Waals surface area contributed by atoms with Gasteiger partial charge in [-0.25, -0.2) is 8.42 Å². The van der Waals surface area contributed by atoms with Crippen LogP contribution in [0.25, 0.3) is 0 Å². The van der Waals surface area contributed by atoms with Gasteiger partial charge in [0.05, 0.1) is 5.69 Å². The minimum atomic E-state index is -3.42. The number of rotatable bonds is 6. The number of hydrogen-bond acceptors (Lipinski definition) is 3. The van der Waals surface area contributed by atoms with E-state index >= 15 is 0 Å². The Labute approximate surface area is 122 Å². The second-order valence-corrected chi connectivity index (χ2v) is 7.03. The molecule has 1 aliphatic carbocycles. The normalized spacial score (nSPS) is 16.8. The second-order valence-electron chi connectivity index (χ2n) is 5.17. The van der Waals surface area contributed by atoms with Gasteiger partial charge in [0.25, 0.3) is 0 Å². The first-order chi connectivity index (χ1) is 9.61. The van der Waals surface area contributed by atoms with Gasteiger partial charge in [-0.2, -0.15) is 4.31 Å². The molecule has 0 unspecified atom stereocenters. The number of nitrogens with zero attached hydrogens (tertiary/aromatic N) is 1. The summed E-state index contributed by atoms with van der Waals surface area (Å²) in [7, 11) is -3.42. The summed E-state index contributed by atoms with van der Waals surface area (Å²) in [5.41, 5.74) is 0.700. The van der Waals surface area contributed by atoms with Crippen LogP contribution in [0.15, 0.2) is 29.2 Å². The summed E-state index contributed by atoms with van der Waals surface area (Å²) in [6, 6.07) is 7.35. The Morgan fingerprint density at radius 3 is 2.45 bits per heavy atom. The summed E-state index contributed by atoms with van der Waals surface area (Å²) < 4.78 is 27.5. The highest BCUT2D eigenvalue weighted by Gasteiger charge is 2.33. The van der Waals surface area contributed by atoms with Crippen LogP contribution in [0, 0.1) is 0 Å². The van der Waals surface area contributed by atoms with Gasteiger partial charge in [-0.05, 0) is 31.9 Å². The van der Waals surface area contributed by atoms with E-state index < -0.39 is 10.0 Å². The molecular formula is C15H24N2O2S. The van der Waals surface area contributed by atoms with Crippen molar-refractivity contribution < 1.29 is 8.42 Å². The monoisotopic (exact) mass is 296 g/mol. The molecule has 0 heterocycles. The Hall–Kier alpha value is -1.07. The molecule has 0 bridgehead atoms. The van der Waals surface area contributed by atoms with Gasteiger partial charge in [0.15, 0.2) is 0 Å². The standard InChI is InChI=1S/C15H24N2O2S/c1-3-16-14-11-7-8-12-15(14)20(18,19)17(4-2)13-9-5-6-10-13/h7-8,11-13,16H,3-6,9-10H2,1-2H3. The smallest absolute Gasteiger partial charge is 0.245 e. The fourth-order valence-electron chi connectivity index (χ4n) is 2.97. The molecule has 0 aliphatic heterocycles. The van der Waals surface area contributed by atoms with Crippen LogP contribution in [0.5, 0.6) is 0 Å². The van der Waals surface area contributed by atoms with Crippen LogP contribution in [0.2, 0.25) is 0 Å². The molecule has 2 rings (SSSR count). The summed E-state index contributed by atoms with van der Waals surface area (Å²) in [6.45, 7) is 5.14. The number of benzene rings is 1. The molecule has 0 saturated heterocycles. The molecule has 0 aromatic heterocycles. The third kappa shape index (κ3) is 2.99. The lowest BCUT2D eigenvalue weighted by atomic mass is 10.2. The van der Waals surface area contributed by atoms with Crippen molar-refractivity contribution in [3.8, 4) is 0 Å². The molecule has 0 amide bonds. The Morgan fingerprint density at radius 1 is 1.20 bits per heavy atom. The van der Waals surface area contributed by atoms with Gasteiger partial charge in [0, 0.05) is 19.1 Å². The molecule has 1 aromatic carbocycles. The van der Waals surface area contributed by atoms with E-state index in [2.05, 4.69) is 5.32 Å². The van der Waals surface area contributed by atoms with Crippen molar-refractivity contribution in [2.75, 3.05) is 18.4 Å². The third-order valence-corrected chi connectivity index (χ3v) is 5.97. The molecule has 4 nitrogen and oxygen atoms in total. The van der Waals surface area contributed by atoms with Crippen LogP contribution in [0.3, 0.4) is 0 Å². The van der Waals surface area contributed by atoms with Crippen LogP contribution < -0.4 is 5.32 Å². The Morgan fingerprint density at radius 2 is 1.85 bits per heavy atom. The van der Waals surface area contributed by atoms with E-state index in [9.17, 15) is 8.42 Å². The third-order valence-electron chi connectivity index (χ3n) is 3.88. The van der Waals surface area contributed by atoms with Crippen molar-refractivity contribution in [2.24, 2.45) is 0 Å². The molecule has 0 spiro atoms. The van der Waals surface area contributed by atoms with Crippen LogP contribution in [0.4, 0.5) is 5.69 Å². The predicted octanol–water partition coefficient (Wildman–Crippen LogP) is 3.07. The number of hydrogen-bond donors (Lipinski definition) is 1. The molecule has 20 heavy (non-hydrogen) atoms. The topological polar surface area (TPSA) is 49.4 Å². The van der Waals surface area contributed by atoms with Crippen molar-refractivity contribution >= 4 is 15.7 Å². The molecule has 1 fully saturated rings. The summed E-state index contributed by atoms with van der Waals surface area (Å²) in [5, 5.41) is 3.15. The molecule has 1 aromatic rings. The quantitative estimate of drug-likeness (QED) is 0.877. The van der Waals surface area contributed by atoms with Gasteiger partial charge in [-0.3, -0.25) is 0 Å². The van der Waals surface area contributed by atoms with Gasteiger partial charge in [0.1, 0.15) is 4.90 Å². The van der Waals surface area contributed by atoms with E-state index in [-0.39, 0.29) is 6.04 Å². The van der Waals surface area contributed by atoms with Crippen molar-refractivity contribution in [2.45, 2.75) is 50.5 Å². The van der Waals surface area contributed by atoms with E-state index in [0.717, 1.165) is 25.7 Å². The lowest BCUT2D eigenvalue weighted by Gasteiger charge is -2.27. The van der Waals surface area contributed by atoms with Crippen LogP contribution >= 0.6 is 0 Å². The highest BCUT2D eigenvalue weighted by atomic mass is 32.2. The van der Waals surface area contributed by atoms with E-state index in [1.54, 1.807) is 16.4 Å². The molecule has 1 N–H and O–H groups in total. The van der Waals surface area contributed by atoms with E-state index in [1.807, 2.05) is 26.0 Å². The van der Waals surface area contributed by atoms with E-state index in [0.29, 0.717) is 23.7 Å². The summed E-state index contributed by atoms with van der Waals surface area (Å²) >= 11 is 0. The first-order valence-corrected chi connectivity index (χ1v) is 8.90. The van der Waals surface area contributed by atoms with Crippen LogP contribution in [0.1, 0.15) is 39.5 Å². The van der Waals surface area contributed by atoms with Gasteiger partial charge in [-0.1, -0.05) is 31.9 Å². The average molecular weight is 296 g/mol. The summed E-state index contributed by atoms with van der Waals surface area (Å²) in [5.74, 6) is 0. The maximum Gasteiger partial charge on any atom is 0.245 e. The Kier molecular flexibility index (Phi) is 5.05. The minimum absolute atomic E-state index is 0.166. The molecule has 1 saturated carbocycles. The fraction of sp³-hybridized carbons (Fsp3) is 0.600. The first-order valence-electron chi connectivity index (χ1n) is 7.46. The van der Waals surface area contributed by atoms with Gasteiger partial charge >= 0.3 is 0 Å².